The van der Waals surface area contributed by atoms with E-state index in [1.807, 2.05) is 0 Å². The van der Waals surface area contributed by atoms with Crippen LogP contribution in [0.5, 0.6) is 0 Å². The van der Waals surface area contributed by atoms with E-state index in [-0.39, 0.29) is 0 Å². The number of nitriles is 1. The molecule has 1 rings (SSSR count). The lowest BCUT2D eigenvalue weighted by atomic mass is 10.1. The van der Waals surface area contributed by atoms with Gasteiger partial charge in [0, 0.05) is 26.0 Å². The molecule has 1 aliphatic rings. The van der Waals surface area contributed by atoms with Gasteiger partial charge in [0.15, 0.2) is 0 Å². The summed E-state index contributed by atoms with van der Waals surface area (Å²) in [5.41, 5.74) is 0. The molecule has 0 amide bonds. The van der Waals surface area contributed by atoms with Crippen LogP contribution in [0.2, 0.25) is 0 Å². The van der Waals surface area contributed by atoms with Gasteiger partial charge in [-0.1, -0.05) is 51.7 Å². The zero-order chi connectivity index (χ0) is 12.9. The van der Waals surface area contributed by atoms with E-state index in [1.54, 1.807) is 0 Å². The normalized spacial score (nSPS) is 13.3. The molecule has 98 valence electrons. The fourth-order valence-electron chi connectivity index (χ4n) is 1.83. The largest absolute Gasteiger partial charge is 0.362 e. The van der Waals surface area contributed by atoms with Crippen LogP contribution < -0.4 is 0 Å². The van der Waals surface area contributed by atoms with Crippen molar-refractivity contribution < 1.29 is 0 Å². The van der Waals surface area contributed by atoms with Crippen LogP contribution in [0.1, 0.15) is 45.4 Å². The van der Waals surface area contributed by atoms with Gasteiger partial charge in [0.05, 0.1) is 6.67 Å². The van der Waals surface area contributed by atoms with E-state index in [0.29, 0.717) is 0 Å². The van der Waals surface area contributed by atoms with Crippen molar-refractivity contribution in [1.82, 2.24) is 9.80 Å². The van der Waals surface area contributed by atoms with Crippen LogP contribution in [0.25, 0.3) is 0 Å². The molecular formula is C13H25N3S. The summed E-state index contributed by atoms with van der Waals surface area (Å²) in [4.78, 5) is 4.61. The van der Waals surface area contributed by atoms with Gasteiger partial charge in [-0.3, -0.25) is 0 Å². The van der Waals surface area contributed by atoms with Crippen molar-refractivity contribution in [2.45, 2.75) is 45.4 Å². The Morgan fingerprint density at radius 3 is 2.29 bits per heavy atom. The van der Waals surface area contributed by atoms with Crippen molar-refractivity contribution in [3.63, 3.8) is 0 Å². The summed E-state index contributed by atoms with van der Waals surface area (Å²) < 4.78 is 0. The fraction of sp³-hybridized carbons (Fsp3) is 0.769. The lowest BCUT2D eigenvalue weighted by Crippen LogP contribution is -2.23. The Labute approximate surface area is 111 Å². The Morgan fingerprint density at radius 1 is 1.18 bits per heavy atom. The highest BCUT2D eigenvalue weighted by atomic mass is 32.1. The van der Waals surface area contributed by atoms with E-state index < -0.39 is 0 Å². The number of thiol groups is 1. The molecule has 0 atom stereocenters. The molecule has 0 fully saturated rings. The maximum absolute atomic E-state index is 7.18. The molecule has 0 saturated heterocycles. The van der Waals surface area contributed by atoms with E-state index in [0.717, 1.165) is 6.67 Å². The van der Waals surface area contributed by atoms with E-state index in [1.165, 1.54) is 50.5 Å². The highest BCUT2D eigenvalue weighted by Crippen LogP contribution is 2.08. The average Bonchev–Trinajstić information content (AvgIpc) is 2.70. The van der Waals surface area contributed by atoms with Crippen LogP contribution in [-0.4, -0.2) is 30.1 Å². The molecule has 4 heteroatoms. The van der Waals surface area contributed by atoms with Gasteiger partial charge in [-0.15, -0.1) is 0 Å². The zero-order valence-corrected chi connectivity index (χ0v) is 12.0. The number of hydrogen-bond donors (Lipinski definition) is 1. The third kappa shape index (κ3) is 10.1. The highest BCUT2D eigenvalue weighted by molar-refractivity contribution is 7.85. The molecule has 17 heavy (non-hydrogen) atoms. The van der Waals surface area contributed by atoms with Gasteiger partial charge in [-0.25, -0.2) is 0 Å². The van der Waals surface area contributed by atoms with E-state index in [2.05, 4.69) is 48.8 Å². The van der Waals surface area contributed by atoms with Gasteiger partial charge in [0.2, 0.25) is 0 Å². The summed E-state index contributed by atoms with van der Waals surface area (Å²) in [6, 6.07) is 0. The lowest BCUT2D eigenvalue weighted by Gasteiger charge is -2.17. The van der Waals surface area contributed by atoms with Crippen LogP contribution in [0.3, 0.4) is 0 Å². The Balaban J connectivity index is 0.000000770. The van der Waals surface area contributed by atoms with Crippen molar-refractivity contribution in [1.29, 1.82) is 5.26 Å². The summed E-state index contributed by atoms with van der Waals surface area (Å²) in [6.45, 7) is 4.58. The van der Waals surface area contributed by atoms with Gasteiger partial charge in [-0.05, 0) is 6.42 Å². The zero-order valence-electron chi connectivity index (χ0n) is 11.1. The third-order valence-electron chi connectivity index (χ3n) is 2.74. The number of rotatable bonds is 7. The monoisotopic (exact) mass is 255 g/mol. The van der Waals surface area contributed by atoms with Gasteiger partial charge in [-0.2, -0.15) is 5.26 Å². The first kappa shape index (κ1) is 16.2. The maximum Gasteiger partial charge on any atom is 0.130 e. The van der Waals surface area contributed by atoms with Crippen molar-refractivity contribution in [3.05, 3.63) is 12.4 Å². The summed E-state index contributed by atoms with van der Waals surface area (Å²) in [6.07, 6.45) is 12.7. The van der Waals surface area contributed by atoms with Crippen molar-refractivity contribution in [2.24, 2.45) is 0 Å². The second kappa shape index (κ2) is 11.7. The molecule has 0 spiro atoms. The first-order valence-corrected chi connectivity index (χ1v) is 6.85. The minimum atomic E-state index is 1.08. The molecule has 0 unspecified atom stereocenters. The van der Waals surface area contributed by atoms with Crippen molar-refractivity contribution >= 4 is 12.6 Å². The summed E-state index contributed by atoms with van der Waals surface area (Å²) >= 11 is 3.09. The first-order valence-electron chi connectivity index (χ1n) is 6.40. The number of unbranched alkanes of at least 4 members (excludes halogenated alkanes) is 5. The molecule has 3 nitrogen and oxygen atoms in total. The predicted molar refractivity (Wildman–Crippen MR) is 76.5 cm³/mol. The third-order valence-corrected chi connectivity index (χ3v) is 2.74. The Kier molecular flexibility index (Phi) is 11.1. The summed E-state index contributed by atoms with van der Waals surface area (Å²) in [7, 11) is 2.12. The molecule has 0 bridgehead atoms. The maximum atomic E-state index is 7.18. The molecule has 0 aliphatic carbocycles. The van der Waals surface area contributed by atoms with Crippen LogP contribution in [0, 0.1) is 10.7 Å². The second-order valence-electron chi connectivity index (χ2n) is 4.38. The average molecular weight is 255 g/mol. The van der Waals surface area contributed by atoms with Crippen LogP contribution >= 0.6 is 12.6 Å². The number of hydrogen-bond acceptors (Lipinski definition) is 4. The molecule has 0 aromatic rings. The molecule has 0 N–H and O–H groups in total. The quantitative estimate of drug-likeness (QED) is 0.429. The van der Waals surface area contributed by atoms with Gasteiger partial charge >= 0.3 is 0 Å². The molecule has 1 aliphatic heterocycles. The minimum Gasteiger partial charge on any atom is -0.362 e. The van der Waals surface area contributed by atoms with Crippen molar-refractivity contribution in [3.8, 4) is 5.40 Å². The Bertz CT molecular complexity index is 235. The lowest BCUT2D eigenvalue weighted by molar-refractivity contribution is 0.290. The smallest absolute Gasteiger partial charge is 0.130 e. The summed E-state index contributed by atoms with van der Waals surface area (Å²) in [5.74, 6) is 0. The van der Waals surface area contributed by atoms with E-state index in [4.69, 9.17) is 5.26 Å². The number of nitrogens with zero attached hydrogens (tertiary/aromatic N) is 3. The molecule has 0 aromatic heterocycles. The van der Waals surface area contributed by atoms with Crippen LogP contribution in [0.15, 0.2) is 12.4 Å². The minimum absolute atomic E-state index is 1.08. The highest BCUT2D eigenvalue weighted by Gasteiger charge is 2.06. The van der Waals surface area contributed by atoms with Crippen LogP contribution in [-0.2, 0) is 0 Å². The summed E-state index contributed by atoms with van der Waals surface area (Å²) in [5, 5.41) is 8.63. The molecule has 1 heterocycles. The van der Waals surface area contributed by atoms with Gasteiger partial charge in [0.25, 0.3) is 0 Å². The molecule has 0 saturated carbocycles. The topological polar surface area (TPSA) is 30.3 Å². The number of thiocyanates is 1. The van der Waals surface area contributed by atoms with E-state index in [9.17, 15) is 0 Å². The molecule has 0 aromatic carbocycles. The van der Waals surface area contributed by atoms with E-state index >= 15 is 0 Å². The van der Waals surface area contributed by atoms with Gasteiger partial charge in [0.1, 0.15) is 5.40 Å². The molecule has 0 radical (unpaired) electrons. The predicted octanol–water partition coefficient (Wildman–Crippen LogP) is 3.42. The Morgan fingerprint density at radius 2 is 1.76 bits per heavy atom. The van der Waals surface area contributed by atoms with Gasteiger partial charge < -0.3 is 9.80 Å². The first-order chi connectivity index (χ1) is 8.24. The van der Waals surface area contributed by atoms with Crippen molar-refractivity contribution in [2.75, 3.05) is 20.3 Å². The second-order valence-corrected chi connectivity index (χ2v) is 4.58. The standard InChI is InChI=1S/C12H24N2.CHNS/c1-3-4-5-6-7-8-9-14-11-10-13(2)12-14;2-1-3/h10-11H,3-9,12H2,1-2H3;3H. The Hall–Kier alpha value is -0.820. The van der Waals surface area contributed by atoms with Crippen LogP contribution in [0.4, 0.5) is 0 Å². The SMILES string of the molecule is CCCCCCCCN1C=CN(C)C1.N#CS. The fourth-order valence-corrected chi connectivity index (χ4v) is 1.83. The molecular weight excluding hydrogens is 230 g/mol.